The molecule has 2 atom stereocenters. The van der Waals surface area contributed by atoms with E-state index in [1.54, 1.807) is 6.07 Å². The summed E-state index contributed by atoms with van der Waals surface area (Å²) in [6.07, 6.45) is 3.34. The predicted octanol–water partition coefficient (Wildman–Crippen LogP) is 3.22. The molecule has 4 nitrogen and oxygen atoms in total. The van der Waals surface area contributed by atoms with Crippen molar-refractivity contribution in [2.75, 3.05) is 18.0 Å². The summed E-state index contributed by atoms with van der Waals surface area (Å²) in [5, 5.41) is 3.16. The topological polar surface area (TPSA) is 49.4 Å². The van der Waals surface area contributed by atoms with Gasteiger partial charge in [-0.2, -0.15) is 0 Å². The fourth-order valence-electron chi connectivity index (χ4n) is 4.03. The van der Waals surface area contributed by atoms with Gasteiger partial charge in [0.05, 0.1) is 5.69 Å². The van der Waals surface area contributed by atoms with Gasteiger partial charge in [-0.15, -0.1) is 0 Å². The number of nitrogens with one attached hydrogen (secondary N) is 1. The third kappa shape index (κ3) is 4.20. The maximum absolute atomic E-state index is 14.0. The van der Waals surface area contributed by atoms with Gasteiger partial charge in [-0.1, -0.05) is 13.0 Å². The molecule has 136 valence electrons. The molecule has 0 bridgehead atoms. The van der Waals surface area contributed by atoms with Crippen LogP contribution in [0.5, 0.6) is 0 Å². The summed E-state index contributed by atoms with van der Waals surface area (Å²) in [7, 11) is 0. The highest BCUT2D eigenvalue weighted by Crippen LogP contribution is 2.29. The third-order valence-corrected chi connectivity index (χ3v) is 5.59. The molecule has 1 saturated carbocycles. The van der Waals surface area contributed by atoms with E-state index in [2.05, 4.69) is 10.2 Å². The van der Waals surface area contributed by atoms with Gasteiger partial charge in [0.15, 0.2) is 0 Å². The molecule has 2 unspecified atom stereocenters. The summed E-state index contributed by atoms with van der Waals surface area (Å²) in [6.45, 7) is 5.43. The second-order valence-corrected chi connectivity index (χ2v) is 7.59. The number of carbonyl (C=O) groups excluding carboxylic acids is 2. The van der Waals surface area contributed by atoms with Crippen molar-refractivity contribution in [2.45, 2.75) is 52.0 Å². The minimum absolute atomic E-state index is 0.0510. The number of aryl methyl sites for hydroxylation is 1. The number of benzene rings is 1. The van der Waals surface area contributed by atoms with E-state index >= 15 is 0 Å². The number of amides is 1. The molecule has 1 aliphatic carbocycles. The minimum Gasteiger partial charge on any atom is -0.369 e. The van der Waals surface area contributed by atoms with Crippen LogP contribution in [0.1, 0.15) is 44.6 Å². The lowest BCUT2D eigenvalue weighted by molar-refractivity contribution is -0.131. The molecular formula is C20H27FN2O2. The number of piperidine rings is 1. The first-order chi connectivity index (χ1) is 11.9. The zero-order chi connectivity index (χ0) is 18.0. The first-order valence-corrected chi connectivity index (χ1v) is 9.27. The average molecular weight is 346 g/mol. The van der Waals surface area contributed by atoms with Gasteiger partial charge in [-0.05, 0) is 49.8 Å². The van der Waals surface area contributed by atoms with Crippen molar-refractivity contribution in [1.82, 2.24) is 5.32 Å². The maximum atomic E-state index is 14.0. The van der Waals surface area contributed by atoms with Gasteiger partial charge in [0.25, 0.3) is 0 Å². The van der Waals surface area contributed by atoms with Crippen molar-refractivity contribution >= 4 is 17.4 Å². The van der Waals surface area contributed by atoms with Crippen LogP contribution in [0.3, 0.4) is 0 Å². The second kappa shape index (κ2) is 7.54. The SMILES string of the molecule is Cc1ccc(F)c(N2CCC(NC(=O)C3CCC(=O)CC3C)CC2)c1. The molecule has 3 rings (SSSR count). The number of carbonyl (C=O) groups is 2. The third-order valence-electron chi connectivity index (χ3n) is 5.59. The average Bonchev–Trinajstić information content (AvgIpc) is 2.57. The Morgan fingerprint density at radius 2 is 1.96 bits per heavy atom. The van der Waals surface area contributed by atoms with Gasteiger partial charge >= 0.3 is 0 Å². The summed E-state index contributed by atoms with van der Waals surface area (Å²) < 4.78 is 14.0. The molecule has 1 aromatic rings. The molecule has 1 saturated heterocycles. The molecular weight excluding hydrogens is 319 g/mol. The molecule has 1 aliphatic heterocycles. The minimum atomic E-state index is -0.186. The van der Waals surface area contributed by atoms with E-state index in [1.165, 1.54) is 6.07 Å². The molecule has 0 aromatic heterocycles. The summed E-state index contributed by atoms with van der Waals surface area (Å²) in [5.74, 6) is 0.242. The Kier molecular flexibility index (Phi) is 5.40. The fraction of sp³-hybridized carbons (Fsp3) is 0.600. The Labute approximate surface area is 148 Å². The molecule has 1 heterocycles. The molecule has 0 spiro atoms. The van der Waals surface area contributed by atoms with E-state index < -0.39 is 0 Å². The number of hydrogen-bond acceptors (Lipinski definition) is 3. The Morgan fingerprint density at radius 3 is 2.64 bits per heavy atom. The Balaban J connectivity index is 1.53. The quantitative estimate of drug-likeness (QED) is 0.914. The number of ketones is 1. The lowest BCUT2D eigenvalue weighted by Gasteiger charge is -2.35. The Morgan fingerprint density at radius 1 is 1.24 bits per heavy atom. The van der Waals surface area contributed by atoms with Crippen LogP contribution in [0.25, 0.3) is 0 Å². The first kappa shape index (κ1) is 17.9. The number of hydrogen-bond donors (Lipinski definition) is 1. The maximum Gasteiger partial charge on any atom is 0.223 e. The van der Waals surface area contributed by atoms with E-state index in [9.17, 15) is 14.0 Å². The van der Waals surface area contributed by atoms with E-state index in [0.717, 1.165) is 31.5 Å². The molecule has 25 heavy (non-hydrogen) atoms. The van der Waals surface area contributed by atoms with Gasteiger partial charge in [0.2, 0.25) is 5.91 Å². The molecule has 0 radical (unpaired) electrons. The standard InChI is InChI=1S/C20H27FN2O2/c1-13-3-6-18(21)19(11-13)23-9-7-15(8-10-23)22-20(25)17-5-4-16(24)12-14(17)2/h3,6,11,14-15,17H,4-5,7-10,12H2,1-2H3,(H,22,25). The van der Waals surface area contributed by atoms with Crippen molar-refractivity contribution in [2.24, 2.45) is 11.8 Å². The van der Waals surface area contributed by atoms with E-state index in [-0.39, 0.29) is 35.4 Å². The van der Waals surface area contributed by atoms with Gasteiger partial charge in [0.1, 0.15) is 11.6 Å². The van der Waals surface area contributed by atoms with Gasteiger partial charge in [0, 0.05) is 37.9 Å². The highest BCUT2D eigenvalue weighted by Gasteiger charge is 2.33. The van der Waals surface area contributed by atoms with Crippen LogP contribution in [0.2, 0.25) is 0 Å². The highest BCUT2D eigenvalue weighted by atomic mass is 19.1. The van der Waals surface area contributed by atoms with E-state index in [0.29, 0.717) is 24.9 Å². The number of halogens is 1. The van der Waals surface area contributed by atoms with Gasteiger partial charge < -0.3 is 10.2 Å². The van der Waals surface area contributed by atoms with Crippen LogP contribution >= 0.6 is 0 Å². The number of nitrogens with zero attached hydrogens (tertiary/aromatic N) is 1. The summed E-state index contributed by atoms with van der Waals surface area (Å²) >= 11 is 0. The van der Waals surface area contributed by atoms with E-state index in [1.807, 2.05) is 19.9 Å². The molecule has 2 fully saturated rings. The number of rotatable bonds is 3. The van der Waals surface area contributed by atoms with Crippen molar-refractivity contribution in [3.8, 4) is 0 Å². The van der Waals surface area contributed by atoms with Crippen molar-refractivity contribution in [1.29, 1.82) is 0 Å². The van der Waals surface area contributed by atoms with Gasteiger partial charge in [-0.25, -0.2) is 4.39 Å². The smallest absolute Gasteiger partial charge is 0.223 e. The van der Waals surface area contributed by atoms with Crippen LogP contribution in [-0.2, 0) is 9.59 Å². The van der Waals surface area contributed by atoms with Crippen molar-refractivity contribution < 1.29 is 14.0 Å². The Bertz CT molecular complexity index is 653. The molecule has 1 amide bonds. The van der Waals surface area contributed by atoms with Crippen LogP contribution < -0.4 is 10.2 Å². The largest absolute Gasteiger partial charge is 0.369 e. The normalized spacial score (nSPS) is 25.1. The summed E-state index contributed by atoms with van der Waals surface area (Å²) in [6, 6.07) is 5.32. The van der Waals surface area contributed by atoms with Gasteiger partial charge in [-0.3, -0.25) is 9.59 Å². The predicted molar refractivity (Wildman–Crippen MR) is 96.0 cm³/mol. The number of anilines is 1. The fourth-order valence-corrected chi connectivity index (χ4v) is 4.03. The zero-order valence-corrected chi connectivity index (χ0v) is 15.1. The summed E-state index contributed by atoms with van der Waals surface area (Å²) in [5.41, 5.74) is 1.71. The van der Waals surface area contributed by atoms with E-state index in [4.69, 9.17) is 0 Å². The van der Waals surface area contributed by atoms with Crippen LogP contribution in [0.4, 0.5) is 10.1 Å². The summed E-state index contributed by atoms with van der Waals surface area (Å²) in [4.78, 5) is 26.1. The second-order valence-electron chi connectivity index (χ2n) is 7.59. The van der Waals surface area contributed by atoms with Crippen LogP contribution in [0.15, 0.2) is 18.2 Å². The molecule has 1 aromatic carbocycles. The molecule has 2 aliphatic rings. The molecule has 1 N–H and O–H groups in total. The molecule has 5 heteroatoms. The zero-order valence-electron chi connectivity index (χ0n) is 15.1. The van der Waals surface area contributed by atoms with Crippen molar-refractivity contribution in [3.63, 3.8) is 0 Å². The highest BCUT2D eigenvalue weighted by molar-refractivity contribution is 5.85. The Hall–Kier alpha value is -1.91. The monoisotopic (exact) mass is 346 g/mol. The van der Waals surface area contributed by atoms with Crippen LogP contribution in [-0.4, -0.2) is 30.8 Å². The lowest BCUT2D eigenvalue weighted by atomic mass is 9.79. The first-order valence-electron chi connectivity index (χ1n) is 9.27. The lowest BCUT2D eigenvalue weighted by Crippen LogP contribution is -2.48. The van der Waals surface area contributed by atoms with Crippen molar-refractivity contribution in [3.05, 3.63) is 29.6 Å². The number of Topliss-reactive ketones (excluding diaryl/α,β-unsaturated/α-hetero) is 1. The van der Waals surface area contributed by atoms with Crippen LogP contribution in [0, 0.1) is 24.6 Å².